The van der Waals surface area contributed by atoms with Crippen molar-refractivity contribution in [3.63, 3.8) is 0 Å². The van der Waals surface area contributed by atoms with Crippen LogP contribution in [0.1, 0.15) is 124 Å². The molecule has 0 aliphatic heterocycles. The van der Waals surface area contributed by atoms with Crippen LogP contribution in [0.25, 0.3) is 0 Å². The van der Waals surface area contributed by atoms with Crippen LogP contribution in [-0.2, 0) is 9.47 Å². The molecule has 2 aromatic carbocycles. The van der Waals surface area contributed by atoms with Gasteiger partial charge in [0.2, 0.25) is 29.1 Å². The second kappa shape index (κ2) is 20.7. The highest BCUT2D eigenvalue weighted by Gasteiger charge is 2.27. The molecule has 0 aromatic heterocycles. The molecule has 0 bridgehead atoms. The lowest BCUT2D eigenvalue weighted by molar-refractivity contribution is 0.0418. The van der Waals surface area contributed by atoms with Gasteiger partial charge in [0.1, 0.15) is 13.2 Å². The SMILES string of the molecule is CCCCCCCCCCCCCCCCCOC(=O)c1ccccc1C(=O)OCCOc1c(F)c(F)c(F)c(F)c1F. The second-order valence-corrected chi connectivity index (χ2v) is 10.5. The normalized spacial score (nSPS) is 11.0. The van der Waals surface area contributed by atoms with Crippen LogP contribution in [0.3, 0.4) is 0 Å². The van der Waals surface area contributed by atoms with Gasteiger partial charge < -0.3 is 14.2 Å². The van der Waals surface area contributed by atoms with Crippen LogP contribution in [0, 0.1) is 29.1 Å². The van der Waals surface area contributed by atoms with Crippen LogP contribution >= 0.6 is 0 Å². The first-order chi connectivity index (χ1) is 20.8. The third-order valence-corrected chi connectivity index (χ3v) is 7.08. The van der Waals surface area contributed by atoms with Crippen molar-refractivity contribution >= 4 is 11.9 Å². The molecular formula is C33H43F5O5. The van der Waals surface area contributed by atoms with Gasteiger partial charge in [-0.3, -0.25) is 0 Å². The Hall–Kier alpha value is -3.17. The van der Waals surface area contributed by atoms with E-state index in [4.69, 9.17) is 9.47 Å². The highest BCUT2D eigenvalue weighted by molar-refractivity contribution is 6.03. The van der Waals surface area contributed by atoms with Gasteiger partial charge in [0.05, 0.1) is 17.7 Å². The van der Waals surface area contributed by atoms with Crippen LogP contribution < -0.4 is 4.74 Å². The quantitative estimate of drug-likeness (QED) is 0.0435. The monoisotopic (exact) mass is 614 g/mol. The molecule has 240 valence electrons. The Morgan fingerprint density at radius 2 is 0.884 bits per heavy atom. The molecule has 2 aromatic rings. The number of carbonyl (C=O) groups is 2. The van der Waals surface area contributed by atoms with Crippen molar-refractivity contribution in [1.82, 2.24) is 0 Å². The van der Waals surface area contributed by atoms with E-state index in [1.54, 1.807) is 6.07 Å². The maximum atomic E-state index is 13.7. The lowest BCUT2D eigenvalue weighted by Gasteiger charge is -2.12. The minimum absolute atomic E-state index is 0.0193. The highest BCUT2D eigenvalue weighted by Crippen LogP contribution is 2.29. The number of hydrogen-bond acceptors (Lipinski definition) is 5. The Kier molecular flexibility index (Phi) is 17.3. The Labute approximate surface area is 251 Å². The van der Waals surface area contributed by atoms with Crippen molar-refractivity contribution in [2.45, 2.75) is 103 Å². The van der Waals surface area contributed by atoms with Crippen molar-refractivity contribution < 1.29 is 45.8 Å². The van der Waals surface area contributed by atoms with Gasteiger partial charge in [0.25, 0.3) is 0 Å². The van der Waals surface area contributed by atoms with E-state index in [1.807, 2.05) is 0 Å². The smallest absolute Gasteiger partial charge is 0.339 e. The van der Waals surface area contributed by atoms with Crippen LogP contribution in [0.4, 0.5) is 22.0 Å². The lowest BCUT2D eigenvalue weighted by atomic mass is 10.0. The average Bonchev–Trinajstić information content (AvgIpc) is 3.02. The van der Waals surface area contributed by atoms with E-state index in [2.05, 4.69) is 11.7 Å². The number of carbonyl (C=O) groups excluding carboxylic acids is 2. The summed E-state index contributed by atoms with van der Waals surface area (Å²) >= 11 is 0. The van der Waals surface area contributed by atoms with E-state index in [-0.39, 0.29) is 17.7 Å². The summed E-state index contributed by atoms with van der Waals surface area (Å²) in [6.45, 7) is 1.16. The van der Waals surface area contributed by atoms with Gasteiger partial charge in [-0.15, -0.1) is 0 Å². The van der Waals surface area contributed by atoms with E-state index < -0.39 is 60.0 Å². The minimum atomic E-state index is -2.31. The Morgan fingerprint density at radius 1 is 0.512 bits per heavy atom. The molecule has 0 unspecified atom stereocenters. The summed E-state index contributed by atoms with van der Waals surface area (Å²) < 4.78 is 82.0. The second-order valence-electron chi connectivity index (χ2n) is 10.5. The molecule has 2 rings (SSSR count). The predicted octanol–water partition coefficient (Wildman–Crippen LogP) is 9.65. The summed E-state index contributed by atoms with van der Waals surface area (Å²) in [5.74, 6) is -14.0. The van der Waals surface area contributed by atoms with E-state index in [9.17, 15) is 31.5 Å². The Morgan fingerprint density at radius 3 is 1.33 bits per heavy atom. The molecule has 0 aliphatic rings. The summed E-state index contributed by atoms with van der Waals surface area (Å²) in [7, 11) is 0. The van der Waals surface area contributed by atoms with E-state index >= 15 is 0 Å². The average molecular weight is 615 g/mol. The first-order valence-electron chi connectivity index (χ1n) is 15.4. The zero-order valence-corrected chi connectivity index (χ0v) is 25.0. The van der Waals surface area contributed by atoms with Gasteiger partial charge in [0, 0.05) is 0 Å². The van der Waals surface area contributed by atoms with Crippen molar-refractivity contribution in [1.29, 1.82) is 0 Å². The topological polar surface area (TPSA) is 61.8 Å². The summed E-state index contributed by atoms with van der Waals surface area (Å²) in [6.07, 6.45) is 18.3. The largest absolute Gasteiger partial charge is 0.484 e. The number of hydrogen-bond donors (Lipinski definition) is 0. The summed E-state index contributed by atoms with van der Waals surface area (Å²) in [5, 5.41) is 0. The molecule has 5 nitrogen and oxygen atoms in total. The van der Waals surface area contributed by atoms with E-state index in [0.29, 0.717) is 6.42 Å². The molecule has 0 aliphatic carbocycles. The van der Waals surface area contributed by atoms with Crippen LogP contribution in [0.5, 0.6) is 5.75 Å². The molecule has 0 saturated carbocycles. The Bertz CT molecular complexity index is 1110. The first-order valence-corrected chi connectivity index (χ1v) is 15.4. The van der Waals surface area contributed by atoms with E-state index in [1.165, 1.54) is 88.8 Å². The molecule has 0 fully saturated rings. The zero-order valence-electron chi connectivity index (χ0n) is 25.0. The molecule has 0 radical (unpaired) electrons. The van der Waals surface area contributed by atoms with Crippen molar-refractivity contribution in [3.05, 3.63) is 64.5 Å². The molecule has 43 heavy (non-hydrogen) atoms. The number of esters is 2. The number of benzene rings is 2. The summed E-state index contributed by atoms with van der Waals surface area (Å²) in [6, 6.07) is 5.80. The molecular weight excluding hydrogens is 571 g/mol. The van der Waals surface area contributed by atoms with Crippen molar-refractivity contribution in [2.75, 3.05) is 19.8 Å². The van der Waals surface area contributed by atoms with Crippen LogP contribution in [0.15, 0.2) is 24.3 Å². The molecule has 0 N–H and O–H groups in total. The fraction of sp³-hybridized carbons (Fsp3) is 0.576. The third-order valence-electron chi connectivity index (χ3n) is 7.08. The van der Waals surface area contributed by atoms with Gasteiger partial charge >= 0.3 is 11.9 Å². The van der Waals surface area contributed by atoms with Crippen LogP contribution in [0.2, 0.25) is 0 Å². The van der Waals surface area contributed by atoms with Gasteiger partial charge in [-0.25, -0.2) is 22.8 Å². The van der Waals surface area contributed by atoms with Crippen molar-refractivity contribution in [3.8, 4) is 5.75 Å². The number of ether oxygens (including phenoxy) is 3. The molecule has 0 saturated heterocycles. The van der Waals surface area contributed by atoms with Gasteiger partial charge in [0.15, 0.2) is 5.75 Å². The van der Waals surface area contributed by atoms with Gasteiger partial charge in [-0.2, -0.15) is 8.78 Å². The fourth-order valence-corrected chi connectivity index (χ4v) is 4.62. The van der Waals surface area contributed by atoms with E-state index in [0.717, 1.165) is 19.3 Å². The highest BCUT2D eigenvalue weighted by atomic mass is 19.2. The molecule has 0 heterocycles. The predicted molar refractivity (Wildman–Crippen MR) is 154 cm³/mol. The summed E-state index contributed by atoms with van der Waals surface area (Å²) in [4.78, 5) is 25.0. The molecule has 0 atom stereocenters. The third kappa shape index (κ3) is 12.5. The lowest BCUT2D eigenvalue weighted by Crippen LogP contribution is -2.17. The Balaban J connectivity index is 1.61. The fourth-order valence-electron chi connectivity index (χ4n) is 4.62. The number of rotatable bonds is 22. The van der Waals surface area contributed by atoms with Crippen molar-refractivity contribution in [2.24, 2.45) is 0 Å². The summed E-state index contributed by atoms with van der Waals surface area (Å²) in [5.41, 5.74) is -0.116. The molecule has 0 spiro atoms. The zero-order chi connectivity index (χ0) is 31.5. The van der Waals surface area contributed by atoms with Crippen LogP contribution in [-0.4, -0.2) is 31.8 Å². The molecule has 10 heteroatoms. The van der Waals surface area contributed by atoms with Gasteiger partial charge in [-0.05, 0) is 18.6 Å². The standard InChI is InChI=1S/C33H43F5O5/c1-2-3-4-5-6-7-8-9-10-11-12-13-14-15-18-21-42-32(39)24-19-16-17-20-25(24)33(40)43-23-22-41-31-29(37)27(35)26(34)28(36)30(31)38/h16-17,19-20H,2-15,18,21-23H2,1H3. The maximum absolute atomic E-state index is 13.7. The maximum Gasteiger partial charge on any atom is 0.339 e. The molecule has 0 amide bonds. The minimum Gasteiger partial charge on any atom is -0.484 e. The number of unbranched alkanes of at least 4 members (excludes halogenated alkanes) is 14. The van der Waals surface area contributed by atoms with Gasteiger partial charge in [-0.1, -0.05) is 109 Å². The first kappa shape index (κ1) is 36.0. The number of halogens is 5.